The lowest BCUT2D eigenvalue weighted by Crippen LogP contribution is -2.16. The van der Waals surface area contributed by atoms with E-state index in [1.807, 2.05) is 30.3 Å². The molecule has 0 bridgehead atoms. The first kappa shape index (κ1) is 19.3. The van der Waals surface area contributed by atoms with E-state index in [1.54, 1.807) is 24.3 Å². The third-order valence-electron chi connectivity index (χ3n) is 3.82. The lowest BCUT2D eigenvalue weighted by molar-refractivity contribution is -0.115. The van der Waals surface area contributed by atoms with E-state index in [4.69, 9.17) is 4.74 Å². The molecule has 0 aliphatic heterocycles. The van der Waals surface area contributed by atoms with Gasteiger partial charge in [-0.05, 0) is 48.5 Å². The van der Waals surface area contributed by atoms with Crippen molar-refractivity contribution in [3.63, 3.8) is 0 Å². The Morgan fingerprint density at radius 2 is 1.50 bits per heavy atom. The van der Waals surface area contributed by atoms with Gasteiger partial charge in [-0.15, -0.1) is 0 Å². The van der Waals surface area contributed by atoms with Gasteiger partial charge in [-0.25, -0.2) is 13.2 Å². The summed E-state index contributed by atoms with van der Waals surface area (Å²) in [4.78, 5) is 12.0. The number of ether oxygens (including phenoxy) is 1. The number of hydrogen-bond donors (Lipinski definition) is 2. The van der Waals surface area contributed by atoms with Crippen LogP contribution in [0.25, 0.3) is 0 Å². The number of carbonyl (C=O) groups excluding carboxylic acids is 1. The van der Waals surface area contributed by atoms with Gasteiger partial charge >= 0.3 is 0 Å². The Hall–Kier alpha value is -3.48. The number of anilines is 2. The van der Waals surface area contributed by atoms with Gasteiger partial charge in [-0.1, -0.05) is 18.2 Å². The monoisotopic (exact) mass is 386 g/mol. The zero-order valence-electron chi connectivity index (χ0n) is 14.7. The molecule has 144 valence electrons. The Labute approximate surface area is 160 Å². The van der Waals surface area contributed by atoms with Crippen LogP contribution in [0.3, 0.4) is 0 Å². The largest absolute Gasteiger partial charge is 0.457 e. The zero-order valence-corrected chi connectivity index (χ0v) is 14.7. The highest BCUT2D eigenvalue weighted by atomic mass is 19.2. The minimum absolute atomic E-state index is 0.0146. The van der Waals surface area contributed by atoms with Crippen LogP contribution < -0.4 is 15.4 Å². The van der Waals surface area contributed by atoms with Crippen LogP contribution in [0.1, 0.15) is 6.42 Å². The number of para-hydroxylation sites is 1. The molecule has 2 N–H and O–H groups in total. The number of halogens is 3. The third kappa shape index (κ3) is 5.03. The van der Waals surface area contributed by atoms with Crippen LogP contribution in [-0.2, 0) is 4.79 Å². The van der Waals surface area contributed by atoms with Crippen LogP contribution in [0.15, 0.2) is 66.7 Å². The summed E-state index contributed by atoms with van der Waals surface area (Å²) in [7, 11) is 0. The Bertz CT molecular complexity index is 948. The Balaban J connectivity index is 1.48. The smallest absolute Gasteiger partial charge is 0.226 e. The Morgan fingerprint density at radius 3 is 2.21 bits per heavy atom. The molecule has 0 heterocycles. The molecule has 0 radical (unpaired) electrons. The molecule has 0 aromatic heterocycles. The Kier molecular flexibility index (Phi) is 6.16. The first-order valence-corrected chi connectivity index (χ1v) is 8.53. The van der Waals surface area contributed by atoms with Crippen molar-refractivity contribution in [2.24, 2.45) is 0 Å². The van der Waals surface area contributed by atoms with Gasteiger partial charge in [-0.3, -0.25) is 4.79 Å². The van der Waals surface area contributed by atoms with E-state index in [2.05, 4.69) is 10.6 Å². The predicted molar refractivity (Wildman–Crippen MR) is 101 cm³/mol. The van der Waals surface area contributed by atoms with Crippen LogP contribution in [0.2, 0.25) is 0 Å². The number of carbonyl (C=O) groups is 1. The lowest BCUT2D eigenvalue weighted by Gasteiger charge is -2.10. The highest BCUT2D eigenvalue weighted by Gasteiger charge is 2.13. The number of rotatable bonds is 7. The number of nitrogens with one attached hydrogen (secondary N) is 2. The van der Waals surface area contributed by atoms with Crippen LogP contribution in [0.5, 0.6) is 11.5 Å². The van der Waals surface area contributed by atoms with Crippen molar-refractivity contribution in [2.45, 2.75) is 6.42 Å². The fourth-order valence-corrected chi connectivity index (χ4v) is 2.43. The van der Waals surface area contributed by atoms with Crippen LogP contribution in [0.4, 0.5) is 24.5 Å². The van der Waals surface area contributed by atoms with E-state index in [-0.39, 0.29) is 24.6 Å². The summed E-state index contributed by atoms with van der Waals surface area (Å²) in [6.45, 7) is 0.0586. The summed E-state index contributed by atoms with van der Waals surface area (Å²) in [5.41, 5.74) is 0.374. The summed E-state index contributed by atoms with van der Waals surface area (Å²) in [6, 6.07) is 18.0. The summed E-state index contributed by atoms with van der Waals surface area (Å²) in [6.07, 6.45) is 0.0146. The summed E-state index contributed by atoms with van der Waals surface area (Å²) in [5.74, 6) is -3.11. The normalized spacial score (nSPS) is 10.4. The van der Waals surface area contributed by atoms with E-state index >= 15 is 0 Å². The average Bonchev–Trinajstić information content (AvgIpc) is 2.70. The zero-order chi connectivity index (χ0) is 19.9. The summed E-state index contributed by atoms with van der Waals surface area (Å²) >= 11 is 0. The minimum Gasteiger partial charge on any atom is -0.457 e. The Morgan fingerprint density at radius 1 is 0.821 bits per heavy atom. The van der Waals surface area contributed by atoms with Crippen molar-refractivity contribution < 1.29 is 22.7 Å². The molecule has 3 aromatic carbocycles. The molecule has 0 atom stereocenters. The molecule has 0 saturated carbocycles. The standard InChI is InChI=1S/C21H17F3N2O2/c22-17-10-11-18(21(24)20(17)23)25-13-12-19(27)26-14-6-8-16(9-7-14)28-15-4-2-1-3-5-15/h1-11,25H,12-13H2,(H,26,27). The molecule has 4 nitrogen and oxygen atoms in total. The molecule has 1 amide bonds. The number of hydrogen-bond acceptors (Lipinski definition) is 3. The molecule has 28 heavy (non-hydrogen) atoms. The van der Waals surface area contributed by atoms with Crippen molar-refractivity contribution in [3.8, 4) is 11.5 Å². The van der Waals surface area contributed by atoms with E-state index in [9.17, 15) is 18.0 Å². The maximum atomic E-state index is 13.5. The highest BCUT2D eigenvalue weighted by molar-refractivity contribution is 5.91. The van der Waals surface area contributed by atoms with Gasteiger partial charge in [0.2, 0.25) is 5.91 Å². The maximum Gasteiger partial charge on any atom is 0.226 e. The van der Waals surface area contributed by atoms with Crippen molar-refractivity contribution in [1.82, 2.24) is 0 Å². The maximum absolute atomic E-state index is 13.5. The second-order valence-corrected chi connectivity index (χ2v) is 5.89. The van der Waals surface area contributed by atoms with Crippen LogP contribution >= 0.6 is 0 Å². The van der Waals surface area contributed by atoms with E-state index in [0.29, 0.717) is 17.2 Å². The summed E-state index contributed by atoms with van der Waals surface area (Å²) < 4.78 is 45.2. The van der Waals surface area contributed by atoms with Crippen molar-refractivity contribution in [1.29, 1.82) is 0 Å². The second kappa shape index (κ2) is 8.94. The molecule has 0 aliphatic rings. The van der Waals surface area contributed by atoms with E-state index in [0.717, 1.165) is 12.1 Å². The second-order valence-electron chi connectivity index (χ2n) is 5.89. The minimum atomic E-state index is -1.55. The van der Waals surface area contributed by atoms with Crippen LogP contribution in [-0.4, -0.2) is 12.5 Å². The van der Waals surface area contributed by atoms with E-state index < -0.39 is 17.5 Å². The SMILES string of the molecule is O=C(CCNc1ccc(F)c(F)c1F)Nc1ccc(Oc2ccccc2)cc1. The van der Waals surface area contributed by atoms with Gasteiger partial charge in [0, 0.05) is 18.7 Å². The van der Waals surface area contributed by atoms with Gasteiger partial charge in [0.1, 0.15) is 11.5 Å². The number of benzene rings is 3. The molecular formula is C21H17F3N2O2. The number of amides is 1. The first-order valence-electron chi connectivity index (χ1n) is 8.53. The molecule has 0 aliphatic carbocycles. The third-order valence-corrected chi connectivity index (χ3v) is 3.82. The lowest BCUT2D eigenvalue weighted by atomic mass is 10.2. The fourth-order valence-electron chi connectivity index (χ4n) is 2.43. The van der Waals surface area contributed by atoms with Gasteiger partial charge in [0.25, 0.3) is 0 Å². The molecule has 0 saturated heterocycles. The van der Waals surface area contributed by atoms with Crippen molar-refractivity contribution in [3.05, 3.63) is 84.2 Å². The van der Waals surface area contributed by atoms with Gasteiger partial charge in [-0.2, -0.15) is 0 Å². The van der Waals surface area contributed by atoms with Crippen molar-refractivity contribution in [2.75, 3.05) is 17.2 Å². The predicted octanol–water partition coefficient (Wildman–Crippen LogP) is 5.34. The molecule has 7 heteroatoms. The van der Waals surface area contributed by atoms with Gasteiger partial charge in [0.15, 0.2) is 17.5 Å². The average molecular weight is 386 g/mol. The molecule has 0 unspecified atom stereocenters. The summed E-state index contributed by atoms with van der Waals surface area (Å²) in [5, 5.41) is 5.26. The fraction of sp³-hybridized carbons (Fsp3) is 0.0952. The van der Waals surface area contributed by atoms with E-state index in [1.165, 1.54) is 0 Å². The molecular weight excluding hydrogens is 369 g/mol. The van der Waals surface area contributed by atoms with Gasteiger partial charge in [0.05, 0.1) is 5.69 Å². The van der Waals surface area contributed by atoms with Crippen molar-refractivity contribution >= 4 is 17.3 Å². The topological polar surface area (TPSA) is 50.4 Å². The molecule has 3 aromatic rings. The van der Waals surface area contributed by atoms with Gasteiger partial charge < -0.3 is 15.4 Å². The quantitative estimate of drug-likeness (QED) is 0.539. The van der Waals surface area contributed by atoms with Crippen LogP contribution in [0, 0.1) is 17.5 Å². The highest BCUT2D eigenvalue weighted by Crippen LogP contribution is 2.23. The molecule has 0 fully saturated rings. The first-order chi connectivity index (χ1) is 13.5. The molecule has 3 rings (SSSR count). The molecule has 0 spiro atoms.